The monoisotopic (exact) mass is 518 g/mol. The zero-order valence-electron chi connectivity index (χ0n) is 16.8. The van der Waals surface area contributed by atoms with Gasteiger partial charge in [0.15, 0.2) is 5.96 Å². The van der Waals surface area contributed by atoms with Crippen LogP contribution in [-0.4, -0.2) is 58.5 Å². The molecule has 1 aliphatic rings. The third kappa shape index (κ3) is 5.88. The predicted octanol–water partition coefficient (Wildman–Crippen LogP) is 3.74. The highest BCUT2D eigenvalue weighted by molar-refractivity contribution is 14.0. The molecule has 2 heterocycles. The minimum Gasteiger partial charge on any atom is -0.349 e. The molecule has 1 atom stereocenters. The fraction of sp³-hybridized carbons (Fsp3) is 0.500. The highest BCUT2D eigenvalue weighted by Crippen LogP contribution is 2.25. The van der Waals surface area contributed by atoms with E-state index >= 15 is 0 Å². The van der Waals surface area contributed by atoms with Crippen molar-refractivity contribution >= 4 is 29.9 Å². The summed E-state index contributed by atoms with van der Waals surface area (Å²) >= 11 is 0. The number of piperazine rings is 1. The fourth-order valence-corrected chi connectivity index (χ4v) is 3.77. The van der Waals surface area contributed by atoms with E-state index < -0.39 is 6.55 Å². The van der Waals surface area contributed by atoms with E-state index in [0.29, 0.717) is 11.9 Å². The van der Waals surface area contributed by atoms with E-state index in [9.17, 15) is 8.78 Å². The standard InChI is InChI=1S/C20H28F2N6.HI/c1-3-17(16-7-5-4-6-8-16)26-11-13-27(14-12-26)20(23-2)25-15-18-24-9-10-28(18)19(21)22;/h4-10,17,19H,3,11-15H2,1-2H3,(H,23,25);1H. The smallest absolute Gasteiger partial charge is 0.319 e. The predicted molar refractivity (Wildman–Crippen MR) is 122 cm³/mol. The first-order valence-corrected chi connectivity index (χ1v) is 9.68. The Balaban J connectivity index is 0.00000300. The molecule has 0 radical (unpaired) electrons. The molecule has 3 rings (SSSR count). The summed E-state index contributed by atoms with van der Waals surface area (Å²) in [6, 6.07) is 11.0. The lowest BCUT2D eigenvalue weighted by Crippen LogP contribution is -2.53. The summed E-state index contributed by atoms with van der Waals surface area (Å²) in [5.74, 6) is 1.01. The van der Waals surface area contributed by atoms with Crippen molar-refractivity contribution in [2.75, 3.05) is 33.2 Å². The molecular formula is C20H29F2IN6. The van der Waals surface area contributed by atoms with Crippen LogP contribution in [0.4, 0.5) is 8.78 Å². The zero-order chi connectivity index (χ0) is 19.9. The van der Waals surface area contributed by atoms with Crippen molar-refractivity contribution in [1.29, 1.82) is 0 Å². The Labute approximate surface area is 188 Å². The molecule has 0 spiro atoms. The first-order valence-electron chi connectivity index (χ1n) is 9.68. The molecular weight excluding hydrogens is 489 g/mol. The maximum atomic E-state index is 13.0. The average molecular weight is 518 g/mol. The van der Waals surface area contributed by atoms with Crippen LogP contribution in [0.25, 0.3) is 0 Å². The molecule has 160 valence electrons. The van der Waals surface area contributed by atoms with Crippen LogP contribution < -0.4 is 5.32 Å². The van der Waals surface area contributed by atoms with Crippen molar-refractivity contribution in [3.8, 4) is 0 Å². The van der Waals surface area contributed by atoms with Crippen LogP contribution in [0.5, 0.6) is 0 Å². The van der Waals surface area contributed by atoms with E-state index in [-0.39, 0.29) is 30.5 Å². The maximum absolute atomic E-state index is 13.0. The Bertz CT molecular complexity index is 759. The van der Waals surface area contributed by atoms with Crippen LogP contribution in [-0.2, 0) is 6.54 Å². The third-order valence-corrected chi connectivity index (χ3v) is 5.20. The Kier molecular flexibility index (Phi) is 9.28. The van der Waals surface area contributed by atoms with Crippen molar-refractivity contribution < 1.29 is 8.78 Å². The zero-order valence-corrected chi connectivity index (χ0v) is 19.2. The van der Waals surface area contributed by atoms with Gasteiger partial charge in [-0.25, -0.2) is 4.98 Å². The molecule has 1 aliphatic heterocycles. The topological polar surface area (TPSA) is 48.7 Å². The third-order valence-electron chi connectivity index (χ3n) is 5.20. The second kappa shape index (κ2) is 11.4. The summed E-state index contributed by atoms with van der Waals surface area (Å²) in [6.07, 6.45) is 3.74. The fourth-order valence-electron chi connectivity index (χ4n) is 3.77. The number of hydrogen-bond donors (Lipinski definition) is 1. The number of nitrogens with zero attached hydrogens (tertiary/aromatic N) is 5. The van der Waals surface area contributed by atoms with E-state index in [2.05, 4.69) is 56.3 Å². The molecule has 29 heavy (non-hydrogen) atoms. The second-order valence-electron chi connectivity index (χ2n) is 6.79. The molecule has 0 saturated carbocycles. The van der Waals surface area contributed by atoms with Gasteiger partial charge < -0.3 is 10.2 Å². The first-order chi connectivity index (χ1) is 13.6. The van der Waals surface area contributed by atoms with Crippen LogP contribution in [0.3, 0.4) is 0 Å². The summed E-state index contributed by atoms with van der Waals surface area (Å²) in [4.78, 5) is 13.0. The lowest BCUT2D eigenvalue weighted by Gasteiger charge is -2.40. The summed E-state index contributed by atoms with van der Waals surface area (Å²) in [6.45, 7) is 3.38. The molecule has 0 amide bonds. The van der Waals surface area contributed by atoms with E-state index in [0.717, 1.165) is 43.1 Å². The van der Waals surface area contributed by atoms with E-state index in [4.69, 9.17) is 0 Å². The van der Waals surface area contributed by atoms with Crippen molar-refractivity contribution in [3.05, 3.63) is 54.1 Å². The number of rotatable bonds is 6. The summed E-state index contributed by atoms with van der Waals surface area (Å²) < 4.78 is 26.8. The SMILES string of the molecule is CCC(c1ccccc1)N1CCN(C(=NC)NCc2nccn2C(F)F)CC1.I. The second-order valence-corrected chi connectivity index (χ2v) is 6.79. The van der Waals surface area contributed by atoms with Gasteiger partial charge >= 0.3 is 6.55 Å². The van der Waals surface area contributed by atoms with Gasteiger partial charge in [0.1, 0.15) is 5.82 Å². The Morgan fingerprint density at radius 3 is 2.45 bits per heavy atom. The number of hydrogen-bond acceptors (Lipinski definition) is 3. The molecule has 1 unspecified atom stereocenters. The van der Waals surface area contributed by atoms with Gasteiger partial charge in [0, 0.05) is 51.7 Å². The molecule has 1 aromatic carbocycles. The molecule has 6 nitrogen and oxygen atoms in total. The van der Waals surface area contributed by atoms with Crippen LogP contribution >= 0.6 is 24.0 Å². The molecule has 9 heteroatoms. The Hall–Kier alpha value is -1.75. The van der Waals surface area contributed by atoms with Crippen molar-refractivity contribution in [2.24, 2.45) is 4.99 Å². The van der Waals surface area contributed by atoms with Crippen LogP contribution in [0.1, 0.15) is 37.3 Å². The van der Waals surface area contributed by atoms with E-state index in [1.165, 1.54) is 18.0 Å². The number of imidazole rings is 1. The molecule has 2 aromatic rings. The molecule has 1 fully saturated rings. The van der Waals surface area contributed by atoms with E-state index in [1.54, 1.807) is 7.05 Å². The number of aromatic nitrogens is 2. The Morgan fingerprint density at radius 1 is 1.17 bits per heavy atom. The summed E-state index contributed by atoms with van der Waals surface area (Å²) in [5.41, 5.74) is 1.35. The lowest BCUT2D eigenvalue weighted by molar-refractivity contribution is 0.0667. The van der Waals surface area contributed by atoms with Gasteiger partial charge in [-0.2, -0.15) is 8.78 Å². The van der Waals surface area contributed by atoms with Crippen LogP contribution in [0, 0.1) is 0 Å². The lowest BCUT2D eigenvalue weighted by atomic mass is 10.0. The maximum Gasteiger partial charge on any atom is 0.319 e. The highest BCUT2D eigenvalue weighted by atomic mass is 127. The number of alkyl halides is 2. The first kappa shape index (κ1) is 23.5. The highest BCUT2D eigenvalue weighted by Gasteiger charge is 2.25. The van der Waals surface area contributed by atoms with Gasteiger partial charge in [-0.1, -0.05) is 37.3 Å². The number of benzene rings is 1. The van der Waals surface area contributed by atoms with Crippen molar-refractivity contribution in [2.45, 2.75) is 32.5 Å². The average Bonchev–Trinajstić information content (AvgIpc) is 3.20. The number of halogens is 3. The number of nitrogens with one attached hydrogen (secondary N) is 1. The molecule has 1 aromatic heterocycles. The van der Waals surface area contributed by atoms with Gasteiger partial charge in [0.25, 0.3) is 0 Å². The van der Waals surface area contributed by atoms with Gasteiger partial charge in [0.05, 0.1) is 6.54 Å². The molecule has 0 bridgehead atoms. The molecule has 0 aliphatic carbocycles. The molecule has 1 N–H and O–H groups in total. The normalized spacial score (nSPS) is 16.6. The Morgan fingerprint density at radius 2 is 1.86 bits per heavy atom. The minimum atomic E-state index is -2.59. The van der Waals surface area contributed by atoms with Gasteiger partial charge in [-0.3, -0.25) is 14.5 Å². The quantitative estimate of drug-likeness (QED) is 0.360. The van der Waals surface area contributed by atoms with E-state index in [1.807, 2.05) is 6.07 Å². The molecule has 1 saturated heterocycles. The van der Waals surface area contributed by atoms with Crippen molar-refractivity contribution in [1.82, 2.24) is 24.7 Å². The van der Waals surface area contributed by atoms with Crippen LogP contribution in [0.2, 0.25) is 0 Å². The minimum absolute atomic E-state index is 0. The summed E-state index contributed by atoms with van der Waals surface area (Å²) in [5, 5.41) is 3.17. The van der Waals surface area contributed by atoms with Gasteiger partial charge in [-0.05, 0) is 12.0 Å². The number of guanidine groups is 1. The van der Waals surface area contributed by atoms with Gasteiger partial charge in [-0.15, -0.1) is 24.0 Å². The summed E-state index contributed by atoms with van der Waals surface area (Å²) in [7, 11) is 1.72. The van der Waals surface area contributed by atoms with Crippen molar-refractivity contribution in [3.63, 3.8) is 0 Å². The largest absolute Gasteiger partial charge is 0.349 e. The number of aliphatic imine (C=N–C) groups is 1. The van der Waals surface area contributed by atoms with Crippen LogP contribution in [0.15, 0.2) is 47.7 Å². The van der Waals surface area contributed by atoms with Gasteiger partial charge in [0.2, 0.25) is 0 Å².